The Morgan fingerprint density at radius 1 is 0.714 bits per heavy atom. The number of para-hydroxylation sites is 2. The molecule has 0 unspecified atom stereocenters. The van der Waals surface area contributed by atoms with Crippen molar-refractivity contribution in [1.29, 1.82) is 0 Å². The van der Waals surface area contributed by atoms with E-state index in [1.54, 1.807) is 24.3 Å². The van der Waals surface area contributed by atoms with Crippen molar-refractivity contribution in [3.8, 4) is 0 Å². The van der Waals surface area contributed by atoms with Crippen LogP contribution in [0.4, 0.5) is 11.4 Å². The molecule has 0 aliphatic carbocycles. The molecule has 0 atom stereocenters. The molecule has 0 saturated carbocycles. The standard InChI is InChI=1S/2C7H7NO2.Fe/c2*8-6-4-2-1-3-5(6)7(9)10;/h2*1-4H,8H2,(H,9,10);/q;;+2/p-2. The summed E-state index contributed by atoms with van der Waals surface area (Å²) in [7, 11) is 0. The minimum absolute atomic E-state index is 0. The Labute approximate surface area is 131 Å². The fraction of sp³-hybridized carbons (Fsp3) is 0. The molecule has 0 heterocycles. The number of hydrogen-bond donors (Lipinski definition) is 2. The number of hydrogen-bond acceptors (Lipinski definition) is 6. The molecule has 0 aromatic heterocycles. The van der Waals surface area contributed by atoms with Crippen molar-refractivity contribution >= 4 is 23.3 Å². The van der Waals surface area contributed by atoms with Crippen LogP contribution in [0, 0.1) is 0 Å². The summed E-state index contributed by atoms with van der Waals surface area (Å²) in [6.07, 6.45) is 0. The van der Waals surface area contributed by atoms with Crippen LogP contribution in [0.1, 0.15) is 20.7 Å². The molecule has 21 heavy (non-hydrogen) atoms. The van der Waals surface area contributed by atoms with Crippen molar-refractivity contribution in [2.75, 3.05) is 11.5 Å². The average molecular weight is 328 g/mol. The van der Waals surface area contributed by atoms with E-state index in [1.165, 1.54) is 24.3 Å². The second-order valence-corrected chi connectivity index (χ2v) is 3.75. The number of aromatic carboxylic acids is 2. The zero-order valence-electron chi connectivity index (χ0n) is 10.8. The second kappa shape index (κ2) is 8.63. The van der Waals surface area contributed by atoms with Crippen LogP contribution in [0.2, 0.25) is 0 Å². The quantitative estimate of drug-likeness (QED) is 0.551. The van der Waals surface area contributed by atoms with Crippen LogP contribution >= 0.6 is 0 Å². The molecule has 2 rings (SSSR count). The number of benzene rings is 2. The van der Waals surface area contributed by atoms with Gasteiger partial charge in [-0.05, 0) is 12.1 Å². The van der Waals surface area contributed by atoms with E-state index < -0.39 is 11.9 Å². The Bertz CT molecular complexity index is 576. The molecular formula is C14H12FeN2O4. The Kier molecular flexibility index (Phi) is 7.60. The smallest absolute Gasteiger partial charge is 0.545 e. The predicted molar refractivity (Wildman–Crippen MR) is 70.4 cm³/mol. The number of carboxylic acids is 2. The maximum absolute atomic E-state index is 10.2. The van der Waals surface area contributed by atoms with E-state index >= 15 is 0 Å². The molecule has 0 aliphatic rings. The maximum atomic E-state index is 10.2. The third-order valence-electron chi connectivity index (χ3n) is 2.36. The predicted octanol–water partition coefficient (Wildman–Crippen LogP) is -0.738. The van der Waals surface area contributed by atoms with Gasteiger partial charge in [0.15, 0.2) is 0 Å². The van der Waals surface area contributed by atoms with E-state index in [2.05, 4.69) is 0 Å². The first kappa shape index (κ1) is 18.5. The molecule has 4 N–H and O–H groups in total. The molecule has 2 aromatic rings. The maximum Gasteiger partial charge on any atom is 2.00 e. The van der Waals surface area contributed by atoms with Gasteiger partial charge in [0, 0.05) is 22.5 Å². The second-order valence-electron chi connectivity index (χ2n) is 3.75. The van der Waals surface area contributed by atoms with Crippen molar-refractivity contribution in [2.24, 2.45) is 0 Å². The molecule has 2 aromatic carbocycles. The van der Waals surface area contributed by atoms with E-state index in [0.29, 0.717) is 0 Å². The number of carboxylic acid groups (broad SMARTS) is 2. The Morgan fingerprint density at radius 3 is 1.19 bits per heavy atom. The molecule has 0 saturated heterocycles. The van der Waals surface area contributed by atoms with E-state index in [-0.39, 0.29) is 39.6 Å². The van der Waals surface area contributed by atoms with Gasteiger partial charge in [-0.1, -0.05) is 36.4 Å². The summed E-state index contributed by atoms with van der Waals surface area (Å²) < 4.78 is 0. The molecule has 0 radical (unpaired) electrons. The summed E-state index contributed by atoms with van der Waals surface area (Å²) in [5, 5.41) is 20.5. The third kappa shape index (κ3) is 5.56. The van der Waals surface area contributed by atoms with Crippen LogP contribution < -0.4 is 21.7 Å². The van der Waals surface area contributed by atoms with E-state index in [1.807, 2.05) is 0 Å². The molecule has 0 spiro atoms. The van der Waals surface area contributed by atoms with Gasteiger partial charge in [-0.3, -0.25) is 0 Å². The first-order chi connectivity index (χ1) is 9.43. The number of rotatable bonds is 2. The van der Waals surface area contributed by atoms with Crippen LogP contribution in [0.3, 0.4) is 0 Å². The summed E-state index contributed by atoms with van der Waals surface area (Å²) in [5.74, 6) is -2.48. The minimum Gasteiger partial charge on any atom is -0.545 e. The van der Waals surface area contributed by atoms with Crippen LogP contribution in [0.15, 0.2) is 48.5 Å². The van der Waals surface area contributed by atoms with Gasteiger partial charge in [0.1, 0.15) is 0 Å². The van der Waals surface area contributed by atoms with Crippen molar-refractivity contribution in [1.82, 2.24) is 0 Å². The number of nitrogen functional groups attached to an aromatic ring is 2. The summed E-state index contributed by atoms with van der Waals surface area (Å²) in [4.78, 5) is 20.5. The van der Waals surface area contributed by atoms with Crippen molar-refractivity contribution < 1.29 is 36.9 Å². The van der Waals surface area contributed by atoms with Gasteiger partial charge in [-0.2, -0.15) is 0 Å². The Morgan fingerprint density at radius 2 is 1.00 bits per heavy atom. The molecule has 0 bridgehead atoms. The average Bonchev–Trinajstić information content (AvgIpc) is 2.40. The first-order valence-corrected chi connectivity index (χ1v) is 5.55. The van der Waals surface area contributed by atoms with Crippen molar-refractivity contribution in [3.63, 3.8) is 0 Å². The van der Waals surface area contributed by atoms with Gasteiger partial charge in [-0.15, -0.1) is 0 Å². The summed E-state index contributed by atoms with van der Waals surface area (Å²) >= 11 is 0. The molecule has 6 nitrogen and oxygen atoms in total. The van der Waals surface area contributed by atoms with E-state index in [4.69, 9.17) is 11.5 Å². The van der Waals surface area contributed by atoms with Crippen LogP contribution in [0.5, 0.6) is 0 Å². The molecule has 0 amide bonds. The van der Waals surface area contributed by atoms with Gasteiger partial charge in [0.2, 0.25) is 0 Å². The zero-order valence-corrected chi connectivity index (χ0v) is 11.9. The summed E-state index contributed by atoms with van der Waals surface area (Å²) in [6, 6.07) is 12.4. The third-order valence-corrected chi connectivity index (χ3v) is 2.36. The van der Waals surface area contributed by atoms with Gasteiger partial charge in [0.25, 0.3) is 0 Å². The minimum atomic E-state index is -1.24. The molecule has 7 heteroatoms. The van der Waals surface area contributed by atoms with Crippen molar-refractivity contribution in [2.45, 2.75) is 0 Å². The number of anilines is 2. The first-order valence-electron chi connectivity index (χ1n) is 5.55. The van der Waals surface area contributed by atoms with Gasteiger partial charge >= 0.3 is 17.1 Å². The Hall–Kier alpha value is -2.50. The number of carbonyl (C=O) groups is 2. The molecule has 0 fully saturated rings. The SMILES string of the molecule is Nc1ccccc1C(=O)[O-].Nc1ccccc1C(=O)[O-].[Fe+2]. The fourth-order valence-electron chi connectivity index (χ4n) is 1.37. The van der Waals surface area contributed by atoms with Crippen molar-refractivity contribution in [3.05, 3.63) is 59.7 Å². The van der Waals surface area contributed by atoms with E-state index in [0.717, 1.165) is 0 Å². The fourth-order valence-corrected chi connectivity index (χ4v) is 1.37. The summed E-state index contributed by atoms with van der Waals surface area (Å²) in [5.41, 5.74) is 11.2. The number of nitrogens with two attached hydrogens (primary N) is 2. The monoisotopic (exact) mass is 328 g/mol. The summed E-state index contributed by atoms with van der Waals surface area (Å²) in [6.45, 7) is 0. The van der Waals surface area contributed by atoms with Crippen LogP contribution in [-0.2, 0) is 17.1 Å². The Balaban J connectivity index is 0.000000364. The van der Waals surface area contributed by atoms with Gasteiger partial charge in [0.05, 0.1) is 11.9 Å². The van der Waals surface area contributed by atoms with Crippen LogP contribution in [-0.4, -0.2) is 11.9 Å². The largest absolute Gasteiger partial charge is 2.00 e. The van der Waals surface area contributed by atoms with Gasteiger partial charge < -0.3 is 31.3 Å². The topological polar surface area (TPSA) is 132 Å². The molecular weight excluding hydrogens is 316 g/mol. The zero-order chi connectivity index (χ0) is 15.1. The van der Waals surface area contributed by atoms with Gasteiger partial charge in [-0.25, -0.2) is 0 Å². The normalized spacial score (nSPS) is 8.76. The van der Waals surface area contributed by atoms with Crippen LogP contribution in [0.25, 0.3) is 0 Å². The van der Waals surface area contributed by atoms with E-state index in [9.17, 15) is 19.8 Å². The molecule has 110 valence electrons. The number of carbonyl (C=O) groups excluding carboxylic acids is 2. The molecule has 0 aliphatic heterocycles.